The monoisotopic (exact) mass is 376 g/mol. The molecule has 5 heteroatoms. The number of carbonyl (C=O) groups excluding carboxylic acids is 1. The Hall–Kier alpha value is -3.11. The lowest BCUT2D eigenvalue weighted by Crippen LogP contribution is -2.24. The van der Waals surface area contributed by atoms with Crippen LogP contribution in [0.2, 0.25) is 5.02 Å². The summed E-state index contributed by atoms with van der Waals surface area (Å²) >= 11 is 5.86. The van der Waals surface area contributed by atoms with E-state index >= 15 is 0 Å². The quantitative estimate of drug-likeness (QED) is 0.532. The normalized spacial score (nSPS) is 10.9. The molecule has 0 aliphatic rings. The van der Waals surface area contributed by atoms with Crippen molar-refractivity contribution in [2.75, 3.05) is 0 Å². The zero-order chi connectivity index (χ0) is 18.6. The van der Waals surface area contributed by atoms with Crippen molar-refractivity contribution in [2.24, 2.45) is 0 Å². The van der Waals surface area contributed by atoms with Gasteiger partial charge in [-0.1, -0.05) is 48.0 Å². The number of nitrogens with one attached hydrogen (secondary N) is 1. The minimum atomic E-state index is -0.0275. The Morgan fingerprint density at radius 1 is 0.926 bits per heavy atom. The summed E-state index contributed by atoms with van der Waals surface area (Å²) in [5.74, 6) is 0.565. The number of para-hydroxylation sites is 2. The van der Waals surface area contributed by atoms with Gasteiger partial charge in [-0.25, -0.2) is 4.98 Å². The van der Waals surface area contributed by atoms with Crippen LogP contribution in [0.15, 0.2) is 77.2 Å². The highest BCUT2D eigenvalue weighted by Gasteiger charge is 2.08. The average molecular weight is 377 g/mol. The Morgan fingerprint density at radius 3 is 2.37 bits per heavy atom. The number of nitrogens with zero attached hydrogens (tertiary/aromatic N) is 1. The van der Waals surface area contributed by atoms with Crippen molar-refractivity contribution in [1.29, 1.82) is 0 Å². The summed E-state index contributed by atoms with van der Waals surface area (Å²) in [7, 11) is 0. The van der Waals surface area contributed by atoms with Gasteiger partial charge < -0.3 is 9.73 Å². The second kappa shape index (κ2) is 7.64. The average Bonchev–Trinajstić information content (AvgIpc) is 3.13. The maximum atomic E-state index is 12.1. The van der Waals surface area contributed by atoms with Crippen LogP contribution in [0.1, 0.15) is 11.1 Å². The molecule has 1 heterocycles. The van der Waals surface area contributed by atoms with Gasteiger partial charge in [-0.05, 0) is 47.5 Å². The van der Waals surface area contributed by atoms with E-state index in [2.05, 4.69) is 10.3 Å². The number of carbonyl (C=O) groups is 1. The van der Waals surface area contributed by atoms with Crippen LogP contribution in [-0.4, -0.2) is 10.9 Å². The Kier molecular flexibility index (Phi) is 4.90. The SMILES string of the molecule is O=C(Cc1ccc(Cl)cc1)NCc1ccc(-c2nc3ccccc3o2)cc1. The summed E-state index contributed by atoms with van der Waals surface area (Å²) in [6.07, 6.45) is 0.332. The van der Waals surface area contributed by atoms with Gasteiger partial charge in [-0.15, -0.1) is 0 Å². The van der Waals surface area contributed by atoms with Crippen LogP contribution < -0.4 is 5.32 Å². The maximum Gasteiger partial charge on any atom is 0.227 e. The molecular formula is C22H17ClN2O2. The molecule has 0 saturated carbocycles. The van der Waals surface area contributed by atoms with Gasteiger partial charge in [0.2, 0.25) is 11.8 Å². The smallest absolute Gasteiger partial charge is 0.227 e. The molecule has 1 amide bonds. The summed E-state index contributed by atoms with van der Waals surface area (Å²) in [4.78, 5) is 16.6. The molecule has 0 spiro atoms. The van der Waals surface area contributed by atoms with Gasteiger partial charge in [-0.3, -0.25) is 4.79 Å². The maximum absolute atomic E-state index is 12.1. The third kappa shape index (κ3) is 4.18. The zero-order valence-electron chi connectivity index (χ0n) is 14.5. The molecular weight excluding hydrogens is 360 g/mol. The number of aromatic nitrogens is 1. The first-order chi connectivity index (χ1) is 13.2. The summed E-state index contributed by atoms with van der Waals surface area (Å²) in [5.41, 5.74) is 4.46. The largest absolute Gasteiger partial charge is 0.436 e. The standard InChI is InChI=1S/C22H17ClN2O2/c23-18-11-7-15(8-12-18)13-21(26)24-14-16-5-9-17(10-6-16)22-25-19-3-1-2-4-20(19)27-22/h1-12H,13-14H2,(H,24,26). The number of hydrogen-bond donors (Lipinski definition) is 1. The number of fused-ring (bicyclic) bond motifs is 1. The molecule has 0 aliphatic heterocycles. The Morgan fingerprint density at radius 2 is 1.63 bits per heavy atom. The van der Waals surface area contributed by atoms with Crippen LogP contribution in [-0.2, 0) is 17.8 Å². The second-order valence-electron chi connectivity index (χ2n) is 6.26. The van der Waals surface area contributed by atoms with Crippen molar-refractivity contribution >= 4 is 28.6 Å². The van der Waals surface area contributed by atoms with Crippen LogP contribution in [0.5, 0.6) is 0 Å². The lowest BCUT2D eigenvalue weighted by atomic mass is 10.1. The molecule has 0 radical (unpaired) electrons. The predicted molar refractivity (Wildman–Crippen MR) is 106 cm³/mol. The first kappa shape index (κ1) is 17.3. The van der Waals surface area contributed by atoms with Gasteiger partial charge in [0.1, 0.15) is 5.52 Å². The summed E-state index contributed by atoms with van der Waals surface area (Å²) < 4.78 is 5.78. The Labute approximate surface area is 161 Å². The van der Waals surface area contributed by atoms with E-state index < -0.39 is 0 Å². The van der Waals surface area contributed by atoms with Crippen LogP contribution >= 0.6 is 11.6 Å². The van der Waals surface area contributed by atoms with Crippen LogP contribution in [0, 0.1) is 0 Å². The van der Waals surface area contributed by atoms with Gasteiger partial charge >= 0.3 is 0 Å². The first-order valence-corrected chi connectivity index (χ1v) is 9.01. The van der Waals surface area contributed by atoms with E-state index in [-0.39, 0.29) is 5.91 Å². The third-order valence-corrected chi connectivity index (χ3v) is 4.51. The number of hydrogen-bond acceptors (Lipinski definition) is 3. The van der Waals surface area contributed by atoms with Crippen molar-refractivity contribution in [3.05, 3.63) is 88.9 Å². The molecule has 4 aromatic rings. The first-order valence-electron chi connectivity index (χ1n) is 8.63. The molecule has 0 fully saturated rings. The molecule has 0 saturated heterocycles. The highest BCUT2D eigenvalue weighted by Crippen LogP contribution is 2.24. The molecule has 0 unspecified atom stereocenters. The van der Waals surface area contributed by atoms with Gasteiger partial charge in [-0.2, -0.15) is 0 Å². The number of oxazole rings is 1. The molecule has 0 aliphatic carbocycles. The lowest BCUT2D eigenvalue weighted by Gasteiger charge is -2.06. The zero-order valence-corrected chi connectivity index (χ0v) is 15.2. The van der Waals surface area contributed by atoms with Crippen LogP contribution in [0.3, 0.4) is 0 Å². The highest BCUT2D eigenvalue weighted by molar-refractivity contribution is 6.30. The van der Waals surface area contributed by atoms with Gasteiger partial charge in [0, 0.05) is 17.1 Å². The van der Waals surface area contributed by atoms with Crippen molar-refractivity contribution in [3.63, 3.8) is 0 Å². The van der Waals surface area contributed by atoms with E-state index in [0.29, 0.717) is 23.9 Å². The van der Waals surface area contributed by atoms with Gasteiger partial charge in [0.15, 0.2) is 5.58 Å². The van der Waals surface area contributed by atoms with Crippen molar-refractivity contribution in [3.8, 4) is 11.5 Å². The third-order valence-electron chi connectivity index (χ3n) is 4.26. The molecule has 4 nitrogen and oxygen atoms in total. The molecule has 0 bridgehead atoms. The van der Waals surface area contributed by atoms with Crippen molar-refractivity contribution in [2.45, 2.75) is 13.0 Å². The fourth-order valence-corrected chi connectivity index (χ4v) is 2.94. The Balaban J connectivity index is 1.37. The van der Waals surface area contributed by atoms with E-state index in [9.17, 15) is 4.79 Å². The fourth-order valence-electron chi connectivity index (χ4n) is 2.81. The van der Waals surface area contributed by atoms with E-state index in [1.807, 2.05) is 60.7 Å². The molecule has 27 heavy (non-hydrogen) atoms. The van der Waals surface area contributed by atoms with E-state index in [4.69, 9.17) is 16.0 Å². The minimum Gasteiger partial charge on any atom is -0.436 e. The summed E-state index contributed by atoms with van der Waals surface area (Å²) in [5, 5.41) is 3.60. The summed E-state index contributed by atoms with van der Waals surface area (Å²) in [6, 6.07) is 22.8. The van der Waals surface area contributed by atoms with E-state index in [1.165, 1.54) is 0 Å². The van der Waals surface area contributed by atoms with Crippen LogP contribution in [0.25, 0.3) is 22.6 Å². The topological polar surface area (TPSA) is 55.1 Å². The number of rotatable bonds is 5. The number of halogens is 1. The van der Waals surface area contributed by atoms with Gasteiger partial charge in [0.25, 0.3) is 0 Å². The molecule has 1 aromatic heterocycles. The number of benzene rings is 3. The van der Waals surface area contributed by atoms with Gasteiger partial charge in [0.05, 0.1) is 6.42 Å². The Bertz CT molecular complexity index is 1040. The van der Waals surface area contributed by atoms with E-state index in [0.717, 1.165) is 27.8 Å². The molecule has 134 valence electrons. The van der Waals surface area contributed by atoms with Crippen LogP contribution in [0.4, 0.5) is 0 Å². The highest BCUT2D eigenvalue weighted by atomic mass is 35.5. The van der Waals surface area contributed by atoms with Crippen molar-refractivity contribution in [1.82, 2.24) is 10.3 Å². The minimum absolute atomic E-state index is 0.0275. The second-order valence-corrected chi connectivity index (χ2v) is 6.70. The number of amides is 1. The predicted octanol–water partition coefficient (Wildman–Crippen LogP) is 5.01. The molecule has 0 atom stereocenters. The van der Waals surface area contributed by atoms with Crippen molar-refractivity contribution < 1.29 is 9.21 Å². The fraction of sp³-hybridized carbons (Fsp3) is 0.0909. The molecule has 4 rings (SSSR count). The molecule has 3 aromatic carbocycles. The summed E-state index contributed by atoms with van der Waals surface area (Å²) in [6.45, 7) is 0.472. The molecule has 1 N–H and O–H groups in total. The van der Waals surface area contributed by atoms with E-state index in [1.54, 1.807) is 12.1 Å². The lowest BCUT2D eigenvalue weighted by molar-refractivity contribution is -0.120.